The van der Waals surface area contributed by atoms with E-state index < -0.39 is 6.10 Å². The van der Waals surface area contributed by atoms with Gasteiger partial charge in [0.1, 0.15) is 6.10 Å². The number of aryl methyl sites for hydroxylation is 1. The lowest BCUT2D eigenvalue weighted by Gasteiger charge is -2.21. The summed E-state index contributed by atoms with van der Waals surface area (Å²) in [6, 6.07) is 13.9. The van der Waals surface area contributed by atoms with E-state index in [1.807, 2.05) is 55.1 Å². The van der Waals surface area contributed by atoms with Crippen molar-refractivity contribution in [2.45, 2.75) is 55.4 Å². The lowest BCUT2D eigenvalue weighted by molar-refractivity contribution is 0.219. The highest BCUT2D eigenvalue weighted by Gasteiger charge is 2.17. The summed E-state index contributed by atoms with van der Waals surface area (Å²) in [5.41, 5.74) is 2.75. The minimum atomic E-state index is -0.595. The molecule has 1 aliphatic rings. The fraction of sp³-hybridized carbons (Fsp3) is 0.421. The van der Waals surface area contributed by atoms with Crippen molar-refractivity contribution in [3.63, 3.8) is 0 Å². The molecule has 1 saturated carbocycles. The van der Waals surface area contributed by atoms with E-state index in [0.29, 0.717) is 5.25 Å². The first-order chi connectivity index (χ1) is 10.7. The Labute approximate surface area is 137 Å². The van der Waals surface area contributed by atoms with Crippen LogP contribution in [-0.2, 0) is 0 Å². The zero-order valence-corrected chi connectivity index (χ0v) is 13.9. The van der Waals surface area contributed by atoms with E-state index in [-0.39, 0.29) is 0 Å². The van der Waals surface area contributed by atoms with Gasteiger partial charge in [0.25, 0.3) is 0 Å². The average Bonchev–Trinajstić information content (AvgIpc) is 2.56. The van der Waals surface area contributed by atoms with Crippen molar-refractivity contribution in [3.05, 3.63) is 59.3 Å². The van der Waals surface area contributed by atoms with Gasteiger partial charge in [-0.3, -0.25) is 0 Å². The highest BCUT2D eigenvalue weighted by molar-refractivity contribution is 7.99. The van der Waals surface area contributed by atoms with Crippen molar-refractivity contribution < 1.29 is 5.11 Å². The second kappa shape index (κ2) is 7.30. The van der Waals surface area contributed by atoms with Crippen molar-refractivity contribution in [3.8, 4) is 0 Å². The maximum Gasteiger partial charge on any atom is 0.106 e. The summed E-state index contributed by atoms with van der Waals surface area (Å²) in [4.78, 5) is 4.72. The molecule has 2 nitrogen and oxygen atoms in total. The molecule has 1 aliphatic carbocycles. The molecular weight excluding hydrogens is 290 g/mol. The average molecular weight is 313 g/mol. The summed E-state index contributed by atoms with van der Waals surface area (Å²) >= 11 is 1.90. The number of aromatic nitrogens is 1. The quantitative estimate of drug-likeness (QED) is 0.872. The van der Waals surface area contributed by atoms with Crippen LogP contribution in [0.5, 0.6) is 0 Å². The molecule has 1 N–H and O–H groups in total. The fourth-order valence-electron chi connectivity index (χ4n) is 3.07. The van der Waals surface area contributed by atoms with E-state index in [9.17, 15) is 5.11 Å². The van der Waals surface area contributed by atoms with Gasteiger partial charge in [-0.05, 0) is 31.4 Å². The molecule has 1 aromatic carbocycles. The van der Waals surface area contributed by atoms with Gasteiger partial charge >= 0.3 is 0 Å². The van der Waals surface area contributed by atoms with Crippen LogP contribution in [0.25, 0.3) is 0 Å². The summed E-state index contributed by atoms with van der Waals surface area (Å²) in [5, 5.41) is 12.3. The van der Waals surface area contributed by atoms with Crippen molar-refractivity contribution in [1.29, 1.82) is 0 Å². The normalized spacial score (nSPS) is 17.4. The Balaban J connectivity index is 1.74. The molecule has 0 saturated heterocycles. The van der Waals surface area contributed by atoms with E-state index in [1.54, 1.807) is 0 Å². The van der Waals surface area contributed by atoms with Gasteiger partial charge in [-0.25, -0.2) is 4.98 Å². The van der Waals surface area contributed by atoms with Crippen LogP contribution >= 0.6 is 11.8 Å². The summed E-state index contributed by atoms with van der Waals surface area (Å²) < 4.78 is 0. The fourth-order valence-corrected chi connectivity index (χ4v) is 4.32. The minimum absolute atomic E-state index is 0.595. The third-order valence-corrected chi connectivity index (χ3v) is 5.62. The predicted octanol–water partition coefficient (Wildman–Crippen LogP) is 4.90. The van der Waals surface area contributed by atoms with Crippen molar-refractivity contribution in [1.82, 2.24) is 4.98 Å². The molecule has 0 bridgehead atoms. The predicted molar refractivity (Wildman–Crippen MR) is 92.2 cm³/mol. The van der Waals surface area contributed by atoms with Crippen LogP contribution < -0.4 is 0 Å². The zero-order valence-electron chi connectivity index (χ0n) is 13.0. The number of aliphatic hydroxyl groups is 1. The molecule has 1 heterocycles. The Bertz CT molecular complexity index is 608. The Morgan fingerprint density at radius 3 is 2.45 bits per heavy atom. The molecule has 0 spiro atoms. The highest BCUT2D eigenvalue weighted by Crippen LogP contribution is 2.34. The number of benzene rings is 1. The number of nitrogens with zero attached hydrogens (tertiary/aromatic N) is 1. The Kier molecular flexibility index (Phi) is 5.16. The lowest BCUT2D eigenvalue weighted by Crippen LogP contribution is -2.09. The van der Waals surface area contributed by atoms with Crippen molar-refractivity contribution in [2.75, 3.05) is 0 Å². The first kappa shape index (κ1) is 15.6. The van der Waals surface area contributed by atoms with Gasteiger partial charge < -0.3 is 5.11 Å². The number of hydrogen-bond donors (Lipinski definition) is 1. The number of aliphatic hydroxyl groups excluding tert-OH is 1. The Hall–Kier alpha value is -1.32. The number of hydrogen-bond acceptors (Lipinski definition) is 3. The van der Waals surface area contributed by atoms with Crippen LogP contribution in [-0.4, -0.2) is 15.3 Å². The maximum absolute atomic E-state index is 10.5. The van der Waals surface area contributed by atoms with Crippen LogP contribution in [0.2, 0.25) is 0 Å². The van der Waals surface area contributed by atoms with Gasteiger partial charge in [-0.15, -0.1) is 11.8 Å². The summed E-state index contributed by atoms with van der Waals surface area (Å²) in [5.74, 6) is 0. The molecule has 22 heavy (non-hydrogen) atoms. The molecular formula is C19H23NOS. The van der Waals surface area contributed by atoms with Crippen LogP contribution in [0.15, 0.2) is 47.5 Å². The van der Waals surface area contributed by atoms with Gasteiger partial charge in [-0.2, -0.15) is 0 Å². The molecule has 1 atom stereocenters. The Morgan fingerprint density at radius 1 is 1.05 bits per heavy atom. The SMILES string of the molecule is Cc1nc(SC2CCCCC2)ccc1C(O)c1ccccc1. The molecule has 1 aromatic heterocycles. The van der Waals surface area contributed by atoms with Gasteiger partial charge in [0.05, 0.1) is 5.03 Å². The second-order valence-corrected chi connectivity index (χ2v) is 7.34. The molecule has 0 amide bonds. The molecule has 116 valence electrons. The number of pyridine rings is 1. The molecule has 1 unspecified atom stereocenters. The molecule has 2 aromatic rings. The highest BCUT2D eigenvalue weighted by atomic mass is 32.2. The smallest absolute Gasteiger partial charge is 0.106 e. The van der Waals surface area contributed by atoms with E-state index in [2.05, 4.69) is 6.07 Å². The van der Waals surface area contributed by atoms with Gasteiger partial charge in [0, 0.05) is 16.5 Å². The van der Waals surface area contributed by atoms with E-state index in [4.69, 9.17) is 4.98 Å². The largest absolute Gasteiger partial charge is 0.384 e. The number of rotatable bonds is 4. The first-order valence-electron chi connectivity index (χ1n) is 8.11. The van der Waals surface area contributed by atoms with Gasteiger partial charge in [-0.1, -0.05) is 55.7 Å². The van der Waals surface area contributed by atoms with Crippen LogP contribution in [0.1, 0.15) is 55.0 Å². The van der Waals surface area contributed by atoms with Crippen LogP contribution in [0.3, 0.4) is 0 Å². The zero-order chi connectivity index (χ0) is 15.4. The molecule has 0 aliphatic heterocycles. The van der Waals surface area contributed by atoms with E-state index in [1.165, 1.54) is 32.1 Å². The summed E-state index contributed by atoms with van der Waals surface area (Å²) in [7, 11) is 0. The molecule has 0 radical (unpaired) electrons. The standard InChI is InChI=1S/C19H23NOS/c1-14-17(19(21)15-8-4-2-5-9-15)12-13-18(20-14)22-16-10-6-3-7-11-16/h2,4-5,8-9,12-13,16,19,21H,3,6-7,10-11H2,1H3. The molecule has 3 heteroatoms. The third-order valence-electron chi connectivity index (χ3n) is 4.35. The van der Waals surface area contributed by atoms with E-state index >= 15 is 0 Å². The van der Waals surface area contributed by atoms with Crippen molar-refractivity contribution in [2.24, 2.45) is 0 Å². The number of thioether (sulfide) groups is 1. The maximum atomic E-state index is 10.5. The Morgan fingerprint density at radius 2 is 1.77 bits per heavy atom. The van der Waals surface area contributed by atoms with Crippen LogP contribution in [0.4, 0.5) is 0 Å². The third kappa shape index (κ3) is 3.71. The second-order valence-electron chi connectivity index (χ2n) is 6.02. The monoisotopic (exact) mass is 313 g/mol. The topological polar surface area (TPSA) is 33.1 Å². The van der Waals surface area contributed by atoms with Crippen molar-refractivity contribution >= 4 is 11.8 Å². The molecule has 3 rings (SSSR count). The summed E-state index contributed by atoms with van der Waals surface area (Å²) in [6.45, 7) is 1.99. The minimum Gasteiger partial charge on any atom is -0.384 e. The van der Waals surface area contributed by atoms with Gasteiger partial charge in [0.15, 0.2) is 0 Å². The van der Waals surface area contributed by atoms with E-state index in [0.717, 1.165) is 21.8 Å². The lowest BCUT2D eigenvalue weighted by atomic mass is 10.0. The first-order valence-corrected chi connectivity index (χ1v) is 8.99. The van der Waals surface area contributed by atoms with Gasteiger partial charge in [0.2, 0.25) is 0 Å². The summed E-state index contributed by atoms with van der Waals surface area (Å²) in [6.07, 6.45) is 6.09. The molecule has 1 fully saturated rings. The van der Waals surface area contributed by atoms with Crippen LogP contribution in [0, 0.1) is 6.92 Å².